The molecule has 1 fully saturated rings. The molecule has 1 saturated heterocycles. The molecule has 5 rings (SSSR count). The van der Waals surface area contributed by atoms with Crippen LogP contribution in [0.4, 0.5) is 0 Å². The number of aliphatic hydroxyl groups is 1. The van der Waals surface area contributed by atoms with Crippen LogP contribution < -0.4 is 4.74 Å². The molecular formula is C26H29N3O4S. The molecule has 0 aliphatic carbocycles. The van der Waals surface area contributed by atoms with Crippen molar-refractivity contribution in [2.75, 3.05) is 32.5 Å². The highest BCUT2D eigenvalue weighted by molar-refractivity contribution is 7.98. The van der Waals surface area contributed by atoms with E-state index in [1.165, 1.54) is 10.5 Å². The molecule has 178 valence electrons. The lowest BCUT2D eigenvalue weighted by Crippen LogP contribution is -2.40. The molecule has 34 heavy (non-hydrogen) atoms. The van der Waals surface area contributed by atoms with E-state index < -0.39 is 6.10 Å². The van der Waals surface area contributed by atoms with E-state index in [-0.39, 0.29) is 6.61 Å². The van der Waals surface area contributed by atoms with E-state index in [1.807, 2.05) is 24.3 Å². The molecular weight excluding hydrogens is 450 g/mol. The largest absolute Gasteiger partial charge is 0.490 e. The summed E-state index contributed by atoms with van der Waals surface area (Å²) in [5.41, 5.74) is 2.10. The van der Waals surface area contributed by atoms with Crippen molar-refractivity contribution in [3.05, 3.63) is 60.0 Å². The van der Waals surface area contributed by atoms with Gasteiger partial charge in [0.25, 0.3) is 5.89 Å². The fraction of sp³-hybridized carbons (Fsp3) is 0.385. The van der Waals surface area contributed by atoms with Gasteiger partial charge in [0.2, 0.25) is 5.89 Å². The molecule has 7 nitrogen and oxygen atoms in total. The summed E-state index contributed by atoms with van der Waals surface area (Å²) >= 11 is 1.79. The first-order valence-corrected chi connectivity index (χ1v) is 12.8. The van der Waals surface area contributed by atoms with Crippen LogP contribution in [0.1, 0.15) is 30.2 Å². The minimum atomic E-state index is -0.573. The van der Waals surface area contributed by atoms with Crippen LogP contribution in [0.2, 0.25) is 0 Å². The Morgan fingerprint density at radius 3 is 2.71 bits per heavy atom. The second kappa shape index (κ2) is 10.2. The number of aliphatic hydroxyl groups excluding tert-OH is 1. The van der Waals surface area contributed by atoms with Gasteiger partial charge in [-0.2, -0.15) is 0 Å². The number of furan rings is 1. The normalized spacial score (nSPS) is 16.2. The van der Waals surface area contributed by atoms with Crippen LogP contribution in [0.3, 0.4) is 0 Å². The highest BCUT2D eigenvalue weighted by Crippen LogP contribution is 2.33. The molecule has 0 radical (unpaired) electrons. The first-order valence-electron chi connectivity index (χ1n) is 11.6. The fourth-order valence-electron chi connectivity index (χ4n) is 4.54. The topological polar surface area (TPSA) is 84.8 Å². The van der Waals surface area contributed by atoms with Crippen molar-refractivity contribution in [3.63, 3.8) is 0 Å². The molecule has 8 heteroatoms. The Hall–Kier alpha value is -2.81. The number of ether oxygens (including phenoxy) is 1. The zero-order valence-corrected chi connectivity index (χ0v) is 20.3. The molecule has 1 atom stereocenters. The molecule has 2 aromatic carbocycles. The summed E-state index contributed by atoms with van der Waals surface area (Å²) in [6.07, 6.45) is 3.76. The van der Waals surface area contributed by atoms with Crippen molar-refractivity contribution in [2.24, 2.45) is 0 Å². The fourth-order valence-corrected chi connectivity index (χ4v) is 5.01. The third-order valence-electron chi connectivity index (χ3n) is 6.31. The van der Waals surface area contributed by atoms with Gasteiger partial charge in [-0.15, -0.1) is 22.0 Å². The summed E-state index contributed by atoms with van der Waals surface area (Å²) < 4.78 is 17.3. The van der Waals surface area contributed by atoms with E-state index in [0.29, 0.717) is 41.3 Å². The highest BCUT2D eigenvalue weighted by atomic mass is 32.2. The number of aromatic nitrogens is 2. The molecule has 1 N–H and O–H groups in total. The molecule has 3 heterocycles. The van der Waals surface area contributed by atoms with Gasteiger partial charge in [-0.1, -0.05) is 18.2 Å². The van der Waals surface area contributed by atoms with Crippen LogP contribution in [0.25, 0.3) is 22.6 Å². The Balaban J connectivity index is 1.15. The van der Waals surface area contributed by atoms with E-state index in [2.05, 4.69) is 45.6 Å². The summed E-state index contributed by atoms with van der Waals surface area (Å²) in [6.45, 7) is 4.52. The maximum Gasteiger partial charge on any atom is 0.283 e. The second-order valence-electron chi connectivity index (χ2n) is 8.72. The van der Waals surface area contributed by atoms with Crippen molar-refractivity contribution in [3.8, 4) is 17.4 Å². The van der Waals surface area contributed by atoms with Crippen LogP contribution in [0.15, 0.2) is 62.3 Å². The molecule has 1 aliphatic rings. The molecule has 2 aromatic heterocycles. The van der Waals surface area contributed by atoms with Crippen LogP contribution in [-0.4, -0.2) is 58.8 Å². The van der Waals surface area contributed by atoms with Gasteiger partial charge >= 0.3 is 0 Å². The quantitative estimate of drug-likeness (QED) is 0.348. The number of likely N-dealkylation sites (tertiary alicyclic amines) is 1. The highest BCUT2D eigenvalue weighted by Gasteiger charge is 2.23. The number of hydrogen-bond donors (Lipinski definition) is 1. The Labute approximate surface area is 203 Å². The average Bonchev–Trinajstić information content (AvgIpc) is 3.49. The Kier molecular flexibility index (Phi) is 6.89. The Bertz CT molecular complexity index is 1250. The van der Waals surface area contributed by atoms with Crippen LogP contribution in [0.5, 0.6) is 5.75 Å². The number of piperidine rings is 1. The standard InChI is InChI=1S/C26H29N3O4S/c1-17-27-28-26(32-17)25-14-22-23(7-4-8-24(22)33-25)31-16-20(30)15-29-11-9-18(10-12-29)19-5-3-6-21(13-19)34-2/h3-8,13-14,18,20,30H,9-12,15-16H2,1-2H3. The molecule has 0 spiro atoms. The number of hydrogen-bond acceptors (Lipinski definition) is 8. The first kappa shape index (κ1) is 23.0. The predicted octanol–water partition coefficient (Wildman–Crippen LogP) is 5.13. The number of nitrogens with zero attached hydrogens (tertiary/aromatic N) is 3. The lowest BCUT2D eigenvalue weighted by Gasteiger charge is -2.33. The third kappa shape index (κ3) is 5.14. The van der Waals surface area contributed by atoms with Gasteiger partial charge in [-0.05, 0) is 67.9 Å². The van der Waals surface area contributed by atoms with Crippen LogP contribution in [0, 0.1) is 6.92 Å². The van der Waals surface area contributed by atoms with Gasteiger partial charge in [0.05, 0.1) is 5.39 Å². The van der Waals surface area contributed by atoms with Gasteiger partial charge in [-0.25, -0.2) is 0 Å². The molecule has 4 aromatic rings. The smallest absolute Gasteiger partial charge is 0.283 e. The number of thioether (sulfide) groups is 1. The maximum absolute atomic E-state index is 10.6. The van der Waals surface area contributed by atoms with Crippen molar-refractivity contribution < 1.29 is 18.7 Å². The summed E-state index contributed by atoms with van der Waals surface area (Å²) in [5, 5.41) is 19.3. The molecule has 0 amide bonds. The van der Waals surface area contributed by atoms with Crippen molar-refractivity contribution in [1.82, 2.24) is 15.1 Å². The van der Waals surface area contributed by atoms with E-state index in [4.69, 9.17) is 13.6 Å². The van der Waals surface area contributed by atoms with Crippen molar-refractivity contribution in [2.45, 2.75) is 36.7 Å². The van der Waals surface area contributed by atoms with E-state index >= 15 is 0 Å². The van der Waals surface area contributed by atoms with E-state index in [9.17, 15) is 5.11 Å². The second-order valence-corrected chi connectivity index (χ2v) is 9.60. The van der Waals surface area contributed by atoms with E-state index in [1.54, 1.807) is 18.7 Å². The van der Waals surface area contributed by atoms with Gasteiger partial charge < -0.3 is 23.6 Å². The summed E-state index contributed by atoms with van der Waals surface area (Å²) in [5.74, 6) is 2.57. The number of aryl methyl sites for hydroxylation is 1. The summed E-state index contributed by atoms with van der Waals surface area (Å²) in [6, 6.07) is 16.3. The third-order valence-corrected chi connectivity index (χ3v) is 7.04. The zero-order valence-electron chi connectivity index (χ0n) is 19.4. The molecule has 1 unspecified atom stereocenters. The first-order chi connectivity index (χ1) is 16.6. The predicted molar refractivity (Wildman–Crippen MR) is 132 cm³/mol. The monoisotopic (exact) mass is 479 g/mol. The van der Waals surface area contributed by atoms with Crippen molar-refractivity contribution in [1.29, 1.82) is 0 Å². The van der Waals surface area contributed by atoms with Gasteiger partial charge in [-0.3, -0.25) is 0 Å². The summed E-state index contributed by atoms with van der Waals surface area (Å²) in [4.78, 5) is 3.65. The minimum absolute atomic E-state index is 0.217. The Morgan fingerprint density at radius 1 is 1.12 bits per heavy atom. The van der Waals surface area contributed by atoms with Crippen molar-refractivity contribution >= 4 is 22.7 Å². The molecule has 1 aliphatic heterocycles. The lowest BCUT2D eigenvalue weighted by atomic mass is 9.89. The van der Waals surface area contributed by atoms with Gasteiger partial charge in [0.1, 0.15) is 24.0 Å². The lowest BCUT2D eigenvalue weighted by molar-refractivity contribution is 0.0599. The van der Waals surface area contributed by atoms with Gasteiger partial charge in [0, 0.05) is 24.4 Å². The molecule has 0 bridgehead atoms. The number of β-amino-alcohol motifs (C(OH)–C–C–N with tert-alkyl or cyclic N) is 1. The zero-order chi connectivity index (χ0) is 23.5. The number of fused-ring (bicyclic) bond motifs is 1. The van der Waals surface area contributed by atoms with Crippen LogP contribution >= 0.6 is 11.8 Å². The van der Waals surface area contributed by atoms with E-state index in [0.717, 1.165) is 31.3 Å². The van der Waals surface area contributed by atoms with Crippen LogP contribution in [-0.2, 0) is 0 Å². The molecule has 0 saturated carbocycles. The van der Waals surface area contributed by atoms with Gasteiger partial charge in [0.15, 0.2) is 5.76 Å². The average molecular weight is 480 g/mol. The number of rotatable bonds is 8. The minimum Gasteiger partial charge on any atom is -0.490 e. The SMILES string of the molecule is CSc1cccc(C2CCN(CC(O)COc3cccc4oc(-c5nnc(C)o5)cc34)CC2)c1. The maximum atomic E-state index is 10.6. The number of benzene rings is 2. The summed E-state index contributed by atoms with van der Waals surface area (Å²) in [7, 11) is 0. The Morgan fingerprint density at radius 2 is 1.94 bits per heavy atom.